The average Bonchev–Trinajstić information content (AvgIpc) is 1.77. The van der Waals surface area contributed by atoms with Gasteiger partial charge in [-0.25, -0.2) is 29.9 Å². The topological polar surface area (TPSA) is 390 Å². The number of amidine groups is 1. The van der Waals surface area contributed by atoms with E-state index in [-0.39, 0.29) is 64.3 Å². The molecule has 1 aliphatic carbocycles. The Hall–Kier alpha value is -9.08. The number of imidazole rings is 1. The standard InChI is InChI=1S/C7H10.C6H10N2.C6H9NS.2C6H9N.C6H8S.2C5H8N2.2C5H7NO.2C5H7NS.C5H7N.C4H7N3.2C4H6N2O.2C4H6N2S.H3N.Rb/c1-6-3-4-7(2)5-6;1-5-4-8(3)6(2)7-5;1-4-5(2)8-6(3)7-4;2*1-5-3-6(2)7-4-5;1-5-3-4-6(2)7-5;1-4-3-6-5(2)7-4;1-4-3-5(2)7-6-4;1-4-3-6-5(2)7-4;1-4-3-5(2)7-6-4;1-4-3-6-5(2)7-4;1-4-3-5(2)7-6-4;1-4-6-5(2)3;1-4-3-7(2)6-5-4;1-3-5-6-4(2)7-3;1-3-5-4(2)7-6-3;1-3-5-6-4(2)7-3;1-3-5-4(2)7-6-3;;/h3-4H,5H2,1-2H3;4H,1-3H3;1-3H3;4H,3H2,1-2H3;3H,4H2,1-2H3;3-4H,1-2H3;2*3H2,1-2H3;4*3H,1-2H3;2H,1,3H3;3H,1-2H3;4*1-2H3;1H3;/q;;;;;;;;;;;;-2;;;;;;;+1. The van der Waals surface area contributed by atoms with Crippen molar-refractivity contribution in [3.05, 3.63) is 238 Å². The van der Waals surface area contributed by atoms with E-state index in [1.165, 1.54) is 81.0 Å². The normalized spacial score (nSPS) is 12.0. The van der Waals surface area contributed by atoms with Crippen LogP contribution in [0.2, 0.25) is 0 Å². The molecule has 5 aliphatic rings. The van der Waals surface area contributed by atoms with Gasteiger partial charge in [0.1, 0.15) is 44.0 Å². The van der Waals surface area contributed by atoms with Gasteiger partial charge in [0.25, 0.3) is 0 Å². The van der Waals surface area contributed by atoms with E-state index in [1.54, 1.807) is 98.0 Å². The molecular weight excluding hydrogens is 1810 g/mol. The summed E-state index contributed by atoms with van der Waals surface area (Å²) in [4.78, 5) is 50.7. The maximum atomic E-state index is 5.09. The van der Waals surface area contributed by atoms with E-state index < -0.39 is 0 Å². The molecule has 700 valence electrons. The molecule has 0 fully saturated rings. The number of hydrogen-bond acceptors (Lipinski definition) is 34. The van der Waals surface area contributed by atoms with Gasteiger partial charge in [0.15, 0.2) is 11.7 Å². The third-order valence-electron chi connectivity index (χ3n) is 14.8. The number of thiazole rings is 2. The number of hydrogen-bond donors (Lipinski definition) is 1. The molecule has 129 heavy (non-hydrogen) atoms. The second-order valence-electron chi connectivity index (χ2n) is 29.3. The summed E-state index contributed by atoms with van der Waals surface area (Å²) in [6.45, 7) is 77.4. The number of allylic oxidation sites excluding steroid dienone is 7. The summed E-state index contributed by atoms with van der Waals surface area (Å²) in [5, 5.41) is 42.4. The Bertz CT molecular complexity index is 4420. The second kappa shape index (κ2) is 70.7. The van der Waals surface area contributed by atoms with Crippen LogP contribution in [0.25, 0.3) is 0 Å². The Morgan fingerprint density at radius 3 is 1.20 bits per heavy atom. The molecule has 12 aromatic heterocycles. The molecule has 0 saturated carbocycles. The largest absolute Gasteiger partial charge is 1.00 e. The van der Waals surface area contributed by atoms with E-state index in [1.807, 2.05) is 206 Å². The van der Waals surface area contributed by atoms with Crippen LogP contribution in [0, 0.1) is 173 Å². The number of oxazole rings is 1. The predicted octanol–water partition coefficient (Wildman–Crippen LogP) is 21.4. The number of thiophene rings is 1. The fraction of sp³-hybridized carbons (Fsp3) is 0.467. The van der Waals surface area contributed by atoms with Crippen LogP contribution in [0.4, 0.5) is 0 Å². The third-order valence-corrected chi connectivity index (χ3v) is 19.8. The van der Waals surface area contributed by atoms with Crippen molar-refractivity contribution in [2.75, 3.05) is 13.1 Å². The molecule has 3 N–H and O–H groups in total. The van der Waals surface area contributed by atoms with Crippen molar-refractivity contribution < 1.29 is 76.1 Å². The summed E-state index contributed by atoms with van der Waals surface area (Å²) in [5.74, 6) is 7.90. The van der Waals surface area contributed by atoms with E-state index in [2.05, 4.69) is 224 Å². The Balaban J connectivity index is -0.00000130. The minimum Gasteiger partial charge on any atom is -0.598 e. The van der Waals surface area contributed by atoms with Crippen molar-refractivity contribution in [2.45, 2.75) is 269 Å². The summed E-state index contributed by atoms with van der Waals surface area (Å²) in [7, 11) is 3.84. The van der Waals surface area contributed by atoms with Gasteiger partial charge in [-0.15, -0.1) is 84.7 Å². The zero-order valence-corrected chi connectivity index (χ0v) is 93.8. The van der Waals surface area contributed by atoms with Gasteiger partial charge in [-0.2, -0.15) is 30.1 Å². The van der Waals surface area contributed by atoms with Crippen LogP contribution in [0.3, 0.4) is 0 Å². The molecule has 0 saturated heterocycles. The monoisotopic (exact) mass is 1950 g/mol. The Kier molecular flexibility index (Phi) is 68.0. The molecule has 30 nitrogen and oxygen atoms in total. The predicted molar refractivity (Wildman–Crippen MR) is 539 cm³/mol. The Labute approximate surface area is 841 Å². The average molecular weight is 1950 g/mol. The second-order valence-corrected chi connectivity index (χ2v) is 37.0. The van der Waals surface area contributed by atoms with Gasteiger partial charge >= 0.3 is 58.2 Å². The summed E-state index contributed by atoms with van der Waals surface area (Å²) < 4.78 is 30.8. The van der Waals surface area contributed by atoms with Crippen molar-refractivity contribution in [1.29, 1.82) is 0 Å². The van der Waals surface area contributed by atoms with Crippen molar-refractivity contribution in [3.63, 3.8) is 0 Å². The number of rotatable bonds is 1. The quantitative estimate of drug-likeness (QED) is 0.118. The zero-order valence-electron chi connectivity index (χ0n) is 84.0. The van der Waals surface area contributed by atoms with Crippen LogP contribution in [0.1, 0.15) is 233 Å². The summed E-state index contributed by atoms with van der Waals surface area (Å²) in [6, 6.07) is 8.24. The van der Waals surface area contributed by atoms with Crippen LogP contribution in [-0.4, -0.2) is 143 Å². The number of aromatic nitrogens is 18. The molecule has 0 atom stereocenters. The maximum Gasteiger partial charge on any atom is 1.00 e. The van der Waals surface area contributed by atoms with E-state index in [9.17, 15) is 0 Å². The minimum atomic E-state index is 0. The van der Waals surface area contributed by atoms with E-state index >= 15 is 0 Å². The Morgan fingerprint density at radius 2 is 1.07 bits per heavy atom. The van der Waals surface area contributed by atoms with Gasteiger partial charge in [0.2, 0.25) is 17.7 Å². The smallest absolute Gasteiger partial charge is 0.598 e. The van der Waals surface area contributed by atoms with Crippen LogP contribution in [0.5, 0.6) is 0 Å². The van der Waals surface area contributed by atoms with Gasteiger partial charge in [-0.3, -0.25) is 19.7 Å². The van der Waals surface area contributed by atoms with Crippen molar-refractivity contribution in [1.82, 2.24) is 95.1 Å². The molecule has 17 rings (SSSR count). The third kappa shape index (κ3) is 69.5. The molecule has 0 radical (unpaired) electrons. The maximum absolute atomic E-state index is 5.09. The molecule has 0 aromatic carbocycles. The first-order valence-corrected chi connectivity index (χ1v) is 45.5. The van der Waals surface area contributed by atoms with Crippen molar-refractivity contribution in [2.24, 2.45) is 49.3 Å². The molecule has 37 heteroatoms. The van der Waals surface area contributed by atoms with Gasteiger partial charge in [0.05, 0.1) is 57.8 Å². The number of aliphatic imine (C=N–C) groups is 5. The first-order chi connectivity index (χ1) is 59.5. The van der Waals surface area contributed by atoms with Crippen molar-refractivity contribution in [3.8, 4) is 0 Å². The summed E-state index contributed by atoms with van der Waals surface area (Å²) in [5.41, 5.74) is 17.3. The van der Waals surface area contributed by atoms with Gasteiger partial charge in [0, 0.05) is 138 Å². The first kappa shape index (κ1) is 124. The van der Waals surface area contributed by atoms with E-state index in [0.29, 0.717) is 29.2 Å². The Morgan fingerprint density at radius 1 is 0.465 bits per heavy atom. The fourth-order valence-electron chi connectivity index (χ4n) is 9.52. The molecular formula is C92H140N26O4RbS6-. The fourth-order valence-corrected chi connectivity index (χ4v) is 13.4. The summed E-state index contributed by atoms with van der Waals surface area (Å²) >= 11 is 9.95. The SMILES string of the molecule is CC1=CC(C)=NC1.CC1=CC=C(C)C1.CC1=CN=C(C)C1.CC1=NC(C)=NC1.CC1=NN=C(C)C1.Cc1cc(C)on1.Cc1cc(C)sn1.Cc1ccc(C)s1.Cc1cn(C)c(C)n1.Cc1cn(C)nn1.Cc1cnc(C)o1.Cc1cnc(C)s1.Cc1nc(C)c(C)s1.Cc1nnc(C)o1.Cc1nnc(C)s1.Cc1noc(C)n1.Cc1nsc(C)n1.N.[CH-]=C(C)N=[C-]C.[Rb+]. The van der Waals surface area contributed by atoms with Crippen LogP contribution < -0.4 is 64.3 Å². The molecule has 0 amide bonds. The van der Waals surface area contributed by atoms with Crippen molar-refractivity contribution >= 4 is 109 Å². The van der Waals surface area contributed by atoms with Crippen LogP contribution in [0.15, 0.2) is 155 Å². The molecule has 16 heterocycles. The number of nitrogens with zero attached hydrogens (tertiary/aromatic N) is 25. The molecule has 4 aliphatic heterocycles. The van der Waals surface area contributed by atoms with Gasteiger partial charge in [-0.05, 0) is 267 Å². The van der Waals surface area contributed by atoms with Crippen LogP contribution in [-0.2, 0) is 14.1 Å². The first-order valence-electron chi connectivity index (χ1n) is 40.7. The zero-order chi connectivity index (χ0) is 96.4. The minimum absolute atomic E-state index is 0. The molecule has 0 bridgehead atoms. The molecule has 0 spiro atoms. The van der Waals surface area contributed by atoms with E-state index in [4.69, 9.17) is 19.9 Å². The summed E-state index contributed by atoms with van der Waals surface area (Å²) in [6.07, 6.45) is 21.6. The number of aryl methyl sites for hydroxylation is 26. The van der Waals surface area contributed by atoms with Crippen LogP contribution >= 0.6 is 68.4 Å². The van der Waals surface area contributed by atoms with Gasteiger partial charge < -0.3 is 45.9 Å². The van der Waals surface area contributed by atoms with Gasteiger partial charge in [-0.1, -0.05) is 44.4 Å². The van der Waals surface area contributed by atoms with E-state index in [0.717, 1.165) is 126 Å². The molecule has 0 unspecified atom stereocenters. The molecule has 12 aromatic rings.